The van der Waals surface area contributed by atoms with Crippen molar-refractivity contribution in [1.29, 1.82) is 0 Å². The molecule has 0 saturated carbocycles. The summed E-state index contributed by atoms with van der Waals surface area (Å²) < 4.78 is 0. The Bertz CT molecular complexity index is 257. The molecule has 0 aromatic carbocycles. The number of nitrogens with two attached hydrogens (primary N) is 1. The number of aliphatic imine (C=N–C) groups is 1. The average molecular weight is 269 g/mol. The Kier molecular flexibility index (Phi) is 7.82. The van der Waals surface area contributed by atoms with E-state index in [1.165, 1.54) is 45.7 Å². The van der Waals surface area contributed by atoms with Crippen LogP contribution in [0, 0.1) is 0 Å². The molecular weight excluding hydrogens is 238 g/mol. The van der Waals surface area contributed by atoms with Gasteiger partial charge in [-0.1, -0.05) is 6.92 Å². The fraction of sp³-hybridized carbons (Fsp3) is 0.929. The van der Waals surface area contributed by atoms with E-state index in [4.69, 9.17) is 5.73 Å². The summed E-state index contributed by atoms with van der Waals surface area (Å²) >= 11 is 0. The van der Waals surface area contributed by atoms with Crippen LogP contribution in [0.5, 0.6) is 0 Å². The predicted octanol–water partition coefficient (Wildman–Crippen LogP) is 0.717. The predicted molar refractivity (Wildman–Crippen MR) is 82.5 cm³/mol. The number of hydrogen-bond acceptors (Lipinski definition) is 3. The number of rotatable bonds is 7. The van der Waals surface area contributed by atoms with Crippen molar-refractivity contribution in [2.24, 2.45) is 10.7 Å². The van der Waals surface area contributed by atoms with Gasteiger partial charge in [0.2, 0.25) is 0 Å². The van der Waals surface area contributed by atoms with Crippen LogP contribution in [0.3, 0.4) is 0 Å². The Labute approximate surface area is 118 Å². The maximum Gasteiger partial charge on any atom is 0.188 e. The molecule has 1 fully saturated rings. The van der Waals surface area contributed by atoms with E-state index >= 15 is 0 Å². The molecule has 1 aliphatic heterocycles. The molecule has 0 aromatic heterocycles. The number of hydrogen-bond donors (Lipinski definition) is 2. The third-order valence-electron chi connectivity index (χ3n) is 3.51. The van der Waals surface area contributed by atoms with Crippen molar-refractivity contribution >= 4 is 5.96 Å². The van der Waals surface area contributed by atoms with Crippen LogP contribution in [-0.2, 0) is 0 Å². The summed E-state index contributed by atoms with van der Waals surface area (Å²) in [5.74, 6) is 0.576. The second-order valence-corrected chi connectivity index (χ2v) is 5.55. The Morgan fingerprint density at radius 3 is 2.37 bits per heavy atom. The second kappa shape index (κ2) is 9.15. The van der Waals surface area contributed by atoms with E-state index in [-0.39, 0.29) is 0 Å². The van der Waals surface area contributed by atoms with Gasteiger partial charge in [-0.25, -0.2) is 0 Å². The van der Waals surface area contributed by atoms with E-state index in [1.54, 1.807) is 0 Å². The molecule has 0 radical (unpaired) electrons. The topological polar surface area (TPSA) is 56.9 Å². The summed E-state index contributed by atoms with van der Waals surface area (Å²) in [6.07, 6.45) is 2.33. The van der Waals surface area contributed by atoms with Crippen LogP contribution in [-0.4, -0.2) is 67.6 Å². The van der Waals surface area contributed by atoms with Gasteiger partial charge in [0, 0.05) is 38.8 Å². The molecule has 5 heteroatoms. The van der Waals surface area contributed by atoms with Crippen LogP contribution in [0.2, 0.25) is 0 Å². The third kappa shape index (κ3) is 7.38. The zero-order valence-corrected chi connectivity index (χ0v) is 12.9. The number of guanidine groups is 1. The normalized spacial score (nSPS) is 19.1. The molecule has 19 heavy (non-hydrogen) atoms. The Hall–Kier alpha value is -0.810. The molecular formula is C14H31N5. The summed E-state index contributed by atoms with van der Waals surface area (Å²) in [5, 5.41) is 3.11. The smallest absolute Gasteiger partial charge is 0.188 e. The monoisotopic (exact) mass is 269 g/mol. The van der Waals surface area contributed by atoms with Gasteiger partial charge in [-0.05, 0) is 39.8 Å². The molecule has 0 atom stereocenters. The lowest BCUT2D eigenvalue weighted by atomic mass is 10.2. The minimum atomic E-state index is 0.360. The highest BCUT2D eigenvalue weighted by atomic mass is 15.3. The lowest BCUT2D eigenvalue weighted by Gasteiger charge is -2.33. The molecule has 0 bridgehead atoms. The van der Waals surface area contributed by atoms with Gasteiger partial charge >= 0.3 is 0 Å². The van der Waals surface area contributed by atoms with Gasteiger partial charge in [0.1, 0.15) is 0 Å². The van der Waals surface area contributed by atoms with Crippen LogP contribution >= 0.6 is 0 Å². The Morgan fingerprint density at radius 1 is 1.16 bits per heavy atom. The zero-order chi connectivity index (χ0) is 14.1. The van der Waals surface area contributed by atoms with Gasteiger partial charge in [-0.3, -0.25) is 4.99 Å². The van der Waals surface area contributed by atoms with Crippen LogP contribution in [0.15, 0.2) is 4.99 Å². The molecule has 0 spiro atoms. The molecule has 1 aliphatic rings. The Morgan fingerprint density at radius 2 is 1.79 bits per heavy atom. The standard InChI is InChI=1S/C14H31N5/c1-4-18-9-11-19(12-10-18)8-6-5-7-16-14(15)17-13(2)3/h13H,4-12H2,1-3H3,(H3,15,16,17). The minimum Gasteiger partial charge on any atom is -0.370 e. The van der Waals surface area contributed by atoms with Crippen molar-refractivity contribution in [3.05, 3.63) is 0 Å². The highest BCUT2D eigenvalue weighted by Crippen LogP contribution is 2.03. The molecule has 1 rings (SSSR count). The highest BCUT2D eigenvalue weighted by molar-refractivity contribution is 5.77. The van der Waals surface area contributed by atoms with E-state index in [0.717, 1.165) is 13.0 Å². The van der Waals surface area contributed by atoms with Crippen LogP contribution in [0.1, 0.15) is 33.6 Å². The lowest BCUT2D eigenvalue weighted by Crippen LogP contribution is -2.46. The maximum atomic E-state index is 5.75. The van der Waals surface area contributed by atoms with Crippen LogP contribution in [0.25, 0.3) is 0 Å². The summed E-state index contributed by atoms with van der Waals surface area (Å²) in [4.78, 5) is 9.40. The van der Waals surface area contributed by atoms with Crippen molar-refractivity contribution < 1.29 is 0 Å². The molecule has 0 aliphatic carbocycles. The SMILES string of the molecule is CCN1CCN(CCCCN=C(N)NC(C)C)CC1. The fourth-order valence-electron chi connectivity index (χ4n) is 2.32. The van der Waals surface area contributed by atoms with Gasteiger partial charge in [0.05, 0.1) is 0 Å². The van der Waals surface area contributed by atoms with E-state index in [0.29, 0.717) is 12.0 Å². The largest absolute Gasteiger partial charge is 0.370 e. The first-order valence-electron chi connectivity index (χ1n) is 7.63. The van der Waals surface area contributed by atoms with Gasteiger partial charge in [-0.2, -0.15) is 0 Å². The van der Waals surface area contributed by atoms with Crippen molar-refractivity contribution in [3.8, 4) is 0 Å². The first-order chi connectivity index (χ1) is 9.11. The highest BCUT2D eigenvalue weighted by Gasteiger charge is 2.14. The van der Waals surface area contributed by atoms with Gasteiger partial charge < -0.3 is 20.9 Å². The van der Waals surface area contributed by atoms with Gasteiger partial charge in [0.15, 0.2) is 5.96 Å². The first kappa shape index (κ1) is 16.2. The van der Waals surface area contributed by atoms with Gasteiger partial charge in [-0.15, -0.1) is 0 Å². The molecule has 0 aromatic rings. The number of likely N-dealkylation sites (N-methyl/N-ethyl adjacent to an activating group) is 1. The van der Waals surface area contributed by atoms with E-state index in [1.807, 2.05) is 0 Å². The first-order valence-corrected chi connectivity index (χ1v) is 7.63. The fourth-order valence-corrected chi connectivity index (χ4v) is 2.32. The van der Waals surface area contributed by atoms with Crippen molar-refractivity contribution in [2.45, 2.75) is 39.7 Å². The van der Waals surface area contributed by atoms with Crippen LogP contribution in [0.4, 0.5) is 0 Å². The molecule has 1 saturated heterocycles. The maximum absolute atomic E-state index is 5.75. The number of nitrogens with zero attached hydrogens (tertiary/aromatic N) is 3. The average Bonchev–Trinajstić information content (AvgIpc) is 2.38. The molecule has 5 nitrogen and oxygen atoms in total. The van der Waals surface area contributed by atoms with Crippen molar-refractivity contribution in [3.63, 3.8) is 0 Å². The van der Waals surface area contributed by atoms with Crippen LogP contribution < -0.4 is 11.1 Å². The van der Waals surface area contributed by atoms with E-state index in [2.05, 4.69) is 40.9 Å². The van der Waals surface area contributed by atoms with E-state index < -0.39 is 0 Å². The number of piperazine rings is 1. The molecule has 0 unspecified atom stereocenters. The number of unbranched alkanes of at least 4 members (excludes halogenated alkanes) is 1. The van der Waals surface area contributed by atoms with Crippen molar-refractivity contribution in [1.82, 2.24) is 15.1 Å². The second-order valence-electron chi connectivity index (χ2n) is 5.55. The summed E-state index contributed by atoms with van der Waals surface area (Å²) in [5.41, 5.74) is 5.75. The lowest BCUT2D eigenvalue weighted by molar-refractivity contribution is 0.136. The van der Waals surface area contributed by atoms with E-state index in [9.17, 15) is 0 Å². The van der Waals surface area contributed by atoms with Gasteiger partial charge in [0.25, 0.3) is 0 Å². The quantitative estimate of drug-likeness (QED) is 0.406. The summed E-state index contributed by atoms with van der Waals surface area (Å²) in [6, 6.07) is 0.360. The van der Waals surface area contributed by atoms with Crippen molar-refractivity contribution in [2.75, 3.05) is 45.8 Å². The Balaban J connectivity index is 2.02. The molecule has 1 heterocycles. The molecule has 3 N–H and O–H groups in total. The summed E-state index contributed by atoms with van der Waals surface area (Å²) in [6.45, 7) is 14.5. The molecule has 0 amide bonds. The summed E-state index contributed by atoms with van der Waals surface area (Å²) in [7, 11) is 0. The molecule has 112 valence electrons. The zero-order valence-electron chi connectivity index (χ0n) is 12.9. The number of nitrogens with one attached hydrogen (secondary N) is 1. The minimum absolute atomic E-state index is 0.360. The third-order valence-corrected chi connectivity index (χ3v) is 3.51.